The lowest BCUT2D eigenvalue weighted by Gasteiger charge is -2.26. The van der Waals surface area contributed by atoms with Gasteiger partial charge in [0.15, 0.2) is 0 Å². The Labute approximate surface area is 191 Å². The van der Waals surface area contributed by atoms with E-state index in [1.165, 1.54) is 11.3 Å². The maximum Gasteiger partial charge on any atom is 0.262 e. The molecule has 0 saturated heterocycles. The van der Waals surface area contributed by atoms with Crippen molar-refractivity contribution in [1.82, 2.24) is 4.90 Å². The molecule has 0 fully saturated rings. The van der Waals surface area contributed by atoms with E-state index in [0.29, 0.717) is 34.0 Å². The number of carbonyl (C=O) groups excluding carboxylic acids is 4. The number of nitrogens with zero attached hydrogens (tertiary/aromatic N) is 1. The van der Waals surface area contributed by atoms with Crippen LogP contribution in [0.2, 0.25) is 0 Å². The highest BCUT2D eigenvalue weighted by molar-refractivity contribution is 7.17. The van der Waals surface area contributed by atoms with Crippen LogP contribution in [-0.2, 0) is 17.6 Å². The fraction of sp³-hybridized carbons (Fsp3) is 0.417. The van der Waals surface area contributed by atoms with Gasteiger partial charge < -0.3 is 11.1 Å². The fourth-order valence-corrected chi connectivity index (χ4v) is 5.98. The maximum absolute atomic E-state index is 13.4. The van der Waals surface area contributed by atoms with E-state index in [1.807, 2.05) is 13.8 Å². The summed E-state index contributed by atoms with van der Waals surface area (Å²) in [4.78, 5) is 53.8. The molecule has 1 aliphatic heterocycles. The molecule has 2 aromatic rings. The average molecular weight is 454 g/mol. The number of amides is 4. The van der Waals surface area contributed by atoms with Gasteiger partial charge in [0, 0.05) is 4.88 Å². The molecule has 8 heteroatoms. The van der Waals surface area contributed by atoms with Crippen LogP contribution in [-0.4, -0.2) is 34.6 Å². The van der Waals surface area contributed by atoms with E-state index in [4.69, 9.17) is 5.73 Å². The van der Waals surface area contributed by atoms with Crippen molar-refractivity contribution in [2.75, 3.05) is 5.32 Å². The van der Waals surface area contributed by atoms with Gasteiger partial charge in [0.2, 0.25) is 5.91 Å². The van der Waals surface area contributed by atoms with Crippen molar-refractivity contribution in [2.24, 2.45) is 17.6 Å². The number of carbonyl (C=O) groups is 4. The van der Waals surface area contributed by atoms with Gasteiger partial charge in [0.25, 0.3) is 17.7 Å². The van der Waals surface area contributed by atoms with E-state index in [9.17, 15) is 19.2 Å². The highest BCUT2D eigenvalue weighted by Gasteiger charge is 2.43. The summed E-state index contributed by atoms with van der Waals surface area (Å²) in [6, 6.07) is 5.60. The molecule has 1 aromatic carbocycles. The quantitative estimate of drug-likeness (QED) is 0.651. The van der Waals surface area contributed by atoms with Gasteiger partial charge in [0.05, 0.1) is 16.7 Å². The molecule has 1 aliphatic carbocycles. The number of thiophene rings is 1. The molecular formula is C24H27N3O4S. The van der Waals surface area contributed by atoms with Crippen LogP contribution in [0.1, 0.15) is 75.1 Å². The van der Waals surface area contributed by atoms with Crippen molar-refractivity contribution in [3.8, 4) is 0 Å². The van der Waals surface area contributed by atoms with Crippen LogP contribution in [0.4, 0.5) is 5.00 Å². The summed E-state index contributed by atoms with van der Waals surface area (Å²) >= 11 is 1.37. The lowest BCUT2D eigenvalue weighted by Crippen LogP contribution is -2.48. The minimum absolute atomic E-state index is 0.0584. The third kappa shape index (κ3) is 3.83. The summed E-state index contributed by atoms with van der Waals surface area (Å²) in [6.45, 7) is 6.02. The van der Waals surface area contributed by atoms with Gasteiger partial charge >= 0.3 is 0 Å². The first-order valence-corrected chi connectivity index (χ1v) is 11.7. The Hall–Kier alpha value is -3.00. The number of benzene rings is 1. The average Bonchev–Trinajstić information content (AvgIpc) is 3.20. The molecule has 4 rings (SSSR count). The Kier molecular flexibility index (Phi) is 5.90. The second kappa shape index (κ2) is 8.50. The van der Waals surface area contributed by atoms with Gasteiger partial charge in [-0.05, 0) is 55.2 Å². The van der Waals surface area contributed by atoms with Crippen LogP contribution in [0, 0.1) is 11.8 Å². The molecule has 1 aromatic heterocycles. The smallest absolute Gasteiger partial charge is 0.262 e. The molecule has 0 radical (unpaired) electrons. The van der Waals surface area contributed by atoms with Crippen LogP contribution in [0.3, 0.4) is 0 Å². The molecule has 0 bridgehead atoms. The molecule has 2 atom stereocenters. The summed E-state index contributed by atoms with van der Waals surface area (Å²) in [5, 5.41) is 3.26. The van der Waals surface area contributed by atoms with E-state index in [2.05, 4.69) is 12.2 Å². The Morgan fingerprint density at radius 3 is 2.38 bits per heavy atom. The Morgan fingerprint density at radius 1 is 1.19 bits per heavy atom. The van der Waals surface area contributed by atoms with Crippen LogP contribution < -0.4 is 11.1 Å². The summed E-state index contributed by atoms with van der Waals surface area (Å²) in [7, 11) is 0. The second-order valence-corrected chi connectivity index (χ2v) is 10.2. The number of hydrogen-bond donors (Lipinski definition) is 2. The van der Waals surface area contributed by atoms with Crippen molar-refractivity contribution in [3.63, 3.8) is 0 Å². The van der Waals surface area contributed by atoms with Crippen LogP contribution in [0.15, 0.2) is 24.3 Å². The van der Waals surface area contributed by atoms with Gasteiger partial charge in [0.1, 0.15) is 11.0 Å². The number of hydrogen-bond acceptors (Lipinski definition) is 5. The SMILES string of the molecule is CC(C)C[C@H](C(=O)Nc1sc2c(c1C(N)=O)CC[C@@H](C)C2)N1C(=O)c2ccccc2C1=O. The highest BCUT2D eigenvalue weighted by Crippen LogP contribution is 2.40. The molecule has 0 unspecified atom stereocenters. The largest absolute Gasteiger partial charge is 0.365 e. The zero-order valence-corrected chi connectivity index (χ0v) is 19.3. The number of nitrogens with one attached hydrogen (secondary N) is 1. The molecule has 2 heterocycles. The van der Waals surface area contributed by atoms with Gasteiger partial charge in [-0.3, -0.25) is 24.1 Å². The van der Waals surface area contributed by atoms with Crippen molar-refractivity contribution in [1.29, 1.82) is 0 Å². The molecule has 7 nitrogen and oxygen atoms in total. The molecule has 0 saturated carbocycles. The van der Waals surface area contributed by atoms with Crippen LogP contribution in [0.5, 0.6) is 0 Å². The monoisotopic (exact) mass is 453 g/mol. The van der Waals surface area contributed by atoms with Crippen LogP contribution in [0.25, 0.3) is 0 Å². The van der Waals surface area contributed by atoms with Crippen molar-refractivity contribution in [3.05, 3.63) is 51.4 Å². The Balaban J connectivity index is 1.67. The number of anilines is 1. The second-order valence-electron chi connectivity index (χ2n) is 9.08. The van der Waals surface area contributed by atoms with E-state index >= 15 is 0 Å². The van der Waals surface area contributed by atoms with Gasteiger partial charge in [-0.15, -0.1) is 11.3 Å². The number of imide groups is 1. The zero-order valence-electron chi connectivity index (χ0n) is 18.4. The molecule has 32 heavy (non-hydrogen) atoms. The van der Waals surface area contributed by atoms with Crippen molar-refractivity contribution < 1.29 is 19.2 Å². The van der Waals surface area contributed by atoms with Crippen molar-refractivity contribution in [2.45, 2.75) is 52.5 Å². The fourth-order valence-electron chi connectivity index (χ4n) is 4.56. The predicted molar refractivity (Wildman–Crippen MR) is 123 cm³/mol. The summed E-state index contributed by atoms with van der Waals surface area (Å²) in [6.07, 6.45) is 2.85. The number of fused-ring (bicyclic) bond motifs is 2. The lowest BCUT2D eigenvalue weighted by atomic mass is 9.88. The van der Waals surface area contributed by atoms with E-state index in [0.717, 1.165) is 34.6 Å². The van der Waals surface area contributed by atoms with Crippen molar-refractivity contribution >= 4 is 40.0 Å². The first-order valence-electron chi connectivity index (χ1n) is 10.9. The molecule has 2 aliphatic rings. The van der Waals surface area contributed by atoms with E-state index in [-0.39, 0.29) is 5.92 Å². The Bertz CT molecular complexity index is 1090. The zero-order chi connectivity index (χ0) is 23.2. The van der Waals surface area contributed by atoms with Gasteiger partial charge in [-0.25, -0.2) is 0 Å². The summed E-state index contributed by atoms with van der Waals surface area (Å²) in [5.74, 6) is -1.45. The molecule has 3 N–H and O–H groups in total. The minimum Gasteiger partial charge on any atom is -0.365 e. The first-order chi connectivity index (χ1) is 15.2. The standard InChI is InChI=1S/C24H27N3O4S/c1-12(2)10-17(27-23(30)14-6-4-5-7-15(14)24(27)31)21(29)26-22-19(20(25)28)16-9-8-13(3)11-18(16)32-22/h4-7,12-13,17H,8-11H2,1-3H3,(H2,25,28)(H,26,29)/t13-,17-/m1/s1. The van der Waals surface area contributed by atoms with Crippen LogP contribution >= 0.6 is 11.3 Å². The molecule has 0 spiro atoms. The normalized spacial score (nSPS) is 18.5. The number of rotatable bonds is 6. The lowest BCUT2D eigenvalue weighted by molar-refractivity contribution is -0.120. The highest BCUT2D eigenvalue weighted by atomic mass is 32.1. The Morgan fingerprint density at radius 2 is 1.81 bits per heavy atom. The third-order valence-electron chi connectivity index (χ3n) is 6.13. The molecule has 168 valence electrons. The first kappa shape index (κ1) is 22.2. The summed E-state index contributed by atoms with van der Waals surface area (Å²) < 4.78 is 0. The number of primary amides is 1. The number of nitrogens with two attached hydrogens (primary N) is 1. The summed E-state index contributed by atoms with van der Waals surface area (Å²) in [5.41, 5.74) is 7.55. The maximum atomic E-state index is 13.4. The molecular weight excluding hydrogens is 426 g/mol. The molecule has 4 amide bonds. The van der Waals surface area contributed by atoms with E-state index < -0.39 is 29.7 Å². The van der Waals surface area contributed by atoms with Gasteiger partial charge in [-0.2, -0.15) is 0 Å². The predicted octanol–water partition coefficient (Wildman–Crippen LogP) is 3.62. The third-order valence-corrected chi connectivity index (χ3v) is 7.30. The van der Waals surface area contributed by atoms with E-state index in [1.54, 1.807) is 24.3 Å². The van der Waals surface area contributed by atoms with Gasteiger partial charge in [-0.1, -0.05) is 32.9 Å². The topological polar surface area (TPSA) is 110 Å². The minimum atomic E-state index is -0.985.